The van der Waals surface area contributed by atoms with E-state index in [1.54, 1.807) is 18.2 Å². The fraction of sp³-hybridized carbons (Fsp3) is 0.833. The quantitative estimate of drug-likeness (QED) is 0.165. The molecule has 152 valence electrons. The van der Waals surface area contributed by atoms with Gasteiger partial charge in [-0.25, -0.2) is 29.4 Å². The molecule has 0 heterocycles. The molecule has 0 amide bonds. The predicted molar refractivity (Wildman–Crippen MR) is 118 cm³/mol. The normalized spacial score (nSPS) is 11.1. The fourth-order valence-corrected chi connectivity index (χ4v) is 6.16. The third kappa shape index (κ3) is 21.3. The van der Waals surface area contributed by atoms with Crippen molar-refractivity contribution >= 4 is 53.5 Å². The summed E-state index contributed by atoms with van der Waals surface area (Å²) in [4.78, 5) is 40.8. The van der Waals surface area contributed by atoms with Crippen LogP contribution in [-0.4, -0.2) is 71.9 Å². The van der Waals surface area contributed by atoms with Gasteiger partial charge in [0.1, 0.15) is 0 Å². The summed E-state index contributed by atoms with van der Waals surface area (Å²) in [5.41, 5.74) is 0. The minimum absolute atomic E-state index is 0.574. The van der Waals surface area contributed by atoms with Gasteiger partial charge in [-0.2, -0.15) is 35.3 Å². The molecule has 9 heteroatoms. The molecule has 0 aliphatic carbocycles. The summed E-state index contributed by atoms with van der Waals surface area (Å²) in [6, 6.07) is 0. The smallest absolute Gasteiger partial charge is 0.211 e. The maximum absolute atomic E-state index is 10.1. The Labute approximate surface area is 174 Å². The van der Waals surface area contributed by atoms with E-state index in [9.17, 15) is 14.4 Å². The Bertz CT molecular complexity index is 459. The van der Waals surface area contributed by atoms with Crippen molar-refractivity contribution < 1.29 is 14.4 Å². The molecule has 0 N–H and O–H groups in total. The zero-order valence-electron chi connectivity index (χ0n) is 15.8. The Morgan fingerprint density at radius 1 is 0.593 bits per heavy atom. The molecule has 0 fully saturated rings. The highest BCUT2D eigenvalue weighted by atomic mass is 32.2. The Morgan fingerprint density at radius 2 is 1.00 bits per heavy atom. The lowest BCUT2D eigenvalue weighted by Gasteiger charge is -2.16. The first-order valence-corrected chi connectivity index (χ1v) is 12.6. The fourth-order valence-electron chi connectivity index (χ4n) is 2.04. The van der Waals surface area contributed by atoms with Gasteiger partial charge in [-0.15, -0.1) is 0 Å². The molecule has 0 atom stereocenters. The van der Waals surface area contributed by atoms with Crippen LogP contribution in [0.25, 0.3) is 0 Å². The maximum atomic E-state index is 10.1. The molecule has 0 rings (SSSR count). The van der Waals surface area contributed by atoms with Gasteiger partial charge < -0.3 is 0 Å². The number of hydrogen-bond donors (Lipinski definition) is 0. The molecule has 0 saturated carbocycles. The lowest BCUT2D eigenvalue weighted by molar-refractivity contribution is 0.561. The summed E-state index contributed by atoms with van der Waals surface area (Å²) >= 11 is 5.93. The molecule has 6 nitrogen and oxygen atoms in total. The molecular formula is C18H29N3O3S3. The first-order chi connectivity index (χ1) is 13.3. The van der Waals surface area contributed by atoms with Crippen LogP contribution in [0.4, 0.5) is 0 Å². The number of hydrogen-bond acceptors (Lipinski definition) is 9. The van der Waals surface area contributed by atoms with E-state index in [-0.39, 0.29) is 0 Å². The van der Waals surface area contributed by atoms with Crippen LogP contribution in [0.2, 0.25) is 0 Å². The summed E-state index contributed by atoms with van der Waals surface area (Å²) in [5, 5.41) is 0.607. The number of rotatable bonds is 20. The van der Waals surface area contributed by atoms with Gasteiger partial charge in [-0.1, -0.05) is 0 Å². The molecule has 0 spiro atoms. The highest BCUT2D eigenvalue weighted by Gasteiger charge is 2.09. The summed E-state index contributed by atoms with van der Waals surface area (Å²) in [6.45, 7) is 1.73. The van der Waals surface area contributed by atoms with Gasteiger partial charge in [0, 0.05) is 16.8 Å². The van der Waals surface area contributed by atoms with Gasteiger partial charge in [0.25, 0.3) is 0 Å². The Balaban J connectivity index is 3.91. The number of thioether (sulfide) groups is 3. The van der Waals surface area contributed by atoms with Crippen LogP contribution in [0.5, 0.6) is 0 Å². The number of carbonyl (C=O) groups excluding carboxylic acids is 3. The van der Waals surface area contributed by atoms with Gasteiger partial charge in [0.15, 0.2) is 0 Å². The standard InChI is InChI=1S/C18H29N3O3S3/c22-15-19-7-1-4-10-25-13-18(27-12-6-3-9-21-17-24)14-26-11-5-2-8-20-16-23/h18H,1-14H2. The molecule has 0 radical (unpaired) electrons. The van der Waals surface area contributed by atoms with Crippen LogP contribution >= 0.6 is 35.3 Å². The molecule has 0 aromatic carbocycles. The van der Waals surface area contributed by atoms with E-state index in [4.69, 9.17) is 0 Å². The average molecular weight is 432 g/mol. The highest BCUT2D eigenvalue weighted by Crippen LogP contribution is 2.23. The van der Waals surface area contributed by atoms with Crippen LogP contribution < -0.4 is 0 Å². The van der Waals surface area contributed by atoms with E-state index < -0.39 is 0 Å². The maximum Gasteiger partial charge on any atom is 0.234 e. The monoisotopic (exact) mass is 431 g/mol. The highest BCUT2D eigenvalue weighted by molar-refractivity contribution is 8.05. The van der Waals surface area contributed by atoms with E-state index >= 15 is 0 Å². The minimum atomic E-state index is 0.574. The second-order valence-corrected chi connectivity index (χ2v) is 9.39. The molecule has 0 aromatic heterocycles. The van der Waals surface area contributed by atoms with Crippen LogP contribution in [-0.2, 0) is 14.4 Å². The lowest BCUT2D eigenvalue weighted by Crippen LogP contribution is -2.12. The average Bonchev–Trinajstić information content (AvgIpc) is 2.68. The molecule has 0 bridgehead atoms. The van der Waals surface area contributed by atoms with E-state index in [0.717, 1.165) is 67.3 Å². The van der Waals surface area contributed by atoms with E-state index in [0.29, 0.717) is 24.9 Å². The van der Waals surface area contributed by atoms with Crippen molar-refractivity contribution in [3.05, 3.63) is 0 Å². The minimum Gasteiger partial charge on any atom is -0.211 e. The van der Waals surface area contributed by atoms with Gasteiger partial charge in [0.05, 0.1) is 19.6 Å². The van der Waals surface area contributed by atoms with Crippen molar-refractivity contribution in [1.82, 2.24) is 0 Å². The number of nitrogens with zero attached hydrogens (tertiary/aromatic N) is 3. The molecule has 27 heavy (non-hydrogen) atoms. The largest absolute Gasteiger partial charge is 0.234 e. The molecular weight excluding hydrogens is 402 g/mol. The SMILES string of the molecule is O=C=NCCCCSCC(CSCCCCN=C=O)SCCCCN=C=O. The van der Waals surface area contributed by atoms with Gasteiger partial charge >= 0.3 is 0 Å². The van der Waals surface area contributed by atoms with Crippen LogP contribution in [0.3, 0.4) is 0 Å². The van der Waals surface area contributed by atoms with Crippen LogP contribution in [0, 0.1) is 0 Å². The van der Waals surface area contributed by atoms with Crippen molar-refractivity contribution in [2.24, 2.45) is 15.0 Å². The Hall–Kier alpha value is -0.810. The second kappa shape index (κ2) is 23.2. The molecule has 0 aliphatic rings. The van der Waals surface area contributed by atoms with Crippen molar-refractivity contribution in [1.29, 1.82) is 0 Å². The van der Waals surface area contributed by atoms with Crippen molar-refractivity contribution in [3.63, 3.8) is 0 Å². The van der Waals surface area contributed by atoms with Crippen LogP contribution in [0.15, 0.2) is 15.0 Å². The van der Waals surface area contributed by atoms with Gasteiger partial charge in [-0.3, -0.25) is 0 Å². The van der Waals surface area contributed by atoms with Gasteiger partial charge in [-0.05, 0) is 55.8 Å². The molecule has 0 aromatic rings. The Morgan fingerprint density at radius 3 is 1.41 bits per heavy atom. The summed E-state index contributed by atoms with van der Waals surface area (Å²) in [5.74, 6) is 5.51. The topological polar surface area (TPSA) is 88.3 Å². The van der Waals surface area contributed by atoms with Crippen molar-refractivity contribution in [2.75, 3.05) is 48.4 Å². The first-order valence-electron chi connectivity index (χ1n) is 9.23. The summed E-state index contributed by atoms with van der Waals surface area (Å²) in [7, 11) is 0. The summed E-state index contributed by atoms with van der Waals surface area (Å²) < 4.78 is 0. The first kappa shape index (κ1) is 26.2. The van der Waals surface area contributed by atoms with Crippen molar-refractivity contribution in [3.8, 4) is 0 Å². The van der Waals surface area contributed by atoms with E-state index in [1.165, 1.54) is 0 Å². The zero-order chi connectivity index (χ0) is 19.8. The van der Waals surface area contributed by atoms with Gasteiger partial charge in [0.2, 0.25) is 18.2 Å². The van der Waals surface area contributed by atoms with Crippen molar-refractivity contribution in [2.45, 2.75) is 43.8 Å². The number of unbranched alkanes of at least 4 members (excludes halogenated alkanes) is 3. The molecule has 0 saturated heterocycles. The number of isocyanates is 3. The summed E-state index contributed by atoms with van der Waals surface area (Å²) in [6.07, 6.45) is 10.7. The Kier molecular flexibility index (Phi) is 22.5. The molecule has 0 aliphatic heterocycles. The van der Waals surface area contributed by atoms with Crippen LogP contribution in [0.1, 0.15) is 38.5 Å². The third-order valence-corrected chi connectivity index (χ3v) is 7.62. The lowest BCUT2D eigenvalue weighted by atomic mass is 10.3. The third-order valence-electron chi connectivity index (χ3n) is 3.44. The zero-order valence-corrected chi connectivity index (χ0v) is 18.2. The van der Waals surface area contributed by atoms with E-state index in [2.05, 4.69) is 15.0 Å². The van der Waals surface area contributed by atoms with E-state index in [1.807, 2.05) is 35.3 Å². The second-order valence-electron chi connectivity index (χ2n) is 5.68. The predicted octanol–water partition coefficient (Wildman–Crippen LogP) is 3.90. The number of aliphatic imine (C=N–C) groups is 3. The molecule has 0 unspecified atom stereocenters.